The second-order valence-electron chi connectivity index (χ2n) is 7.20. The third kappa shape index (κ3) is 2.43. The maximum absolute atomic E-state index is 12.5. The summed E-state index contributed by atoms with van der Waals surface area (Å²) in [5.74, 6) is 1.12. The van der Waals surface area contributed by atoms with Crippen molar-refractivity contribution in [3.8, 4) is 0 Å². The van der Waals surface area contributed by atoms with Crippen molar-refractivity contribution in [2.75, 3.05) is 24.5 Å². The molecule has 0 saturated carbocycles. The van der Waals surface area contributed by atoms with Gasteiger partial charge in [0.2, 0.25) is 0 Å². The van der Waals surface area contributed by atoms with Crippen LogP contribution in [-0.2, 0) is 4.79 Å². The molecule has 0 bridgehead atoms. The van der Waals surface area contributed by atoms with Crippen LogP contribution in [0, 0.1) is 5.92 Å². The Morgan fingerprint density at radius 3 is 2.72 bits per heavy atom. The summed E-state index contributed by atoms with van der Waals surface area (Å²) < 4.78 is 2.00. The van der Waals surface area contributed by atoms with Crippen LogP contribution in [-0.4, -0.2) is 56.4 Å². The van der Waals surface area contributed by atoms with Crippen molar-refractivity contribution in [2.45, 2.75) is 32.2 Å². The topological polar surface area (TPSA) is 82.8 Å². The molecule has 2 aromatic rings. The predicted octanol–water partition coefficient (Wildman–Crippen LogP) is 1.28. The summed E-state index contributed by atoms with van der Waals surface area (Å²) in [6.07, 6.45) is 8.43. The van der Waals surface area contributed by atoms with Crippen LogP contribution in [0.25, 0.3) is 5.65 Å². The number of imide groups is 1. The Labute approximate surface area is 145 Å². The van der Waals surface area contributed by atoms with E-state index in [0.29, 0.717) is 38.4 Å². The van der Waals surface area contributed by atoms with E-state index in [1.807, 2.05) is 16.8 Å². The van der Waals surface area contributed by atoms with Crippen LogP contribution in [0.4, 0.5) is 10.6 Å². The number of anilines is 1. The van der Waals surface area contributed by atoms with E-state index in [2.05, 4.69) is 34.0 Å². The highest BCUT2D eigenvalue weighted by atomic mass is 16.2. The zero-order chi connectivity index (χ0) is 17.6. The number of urea groups is 1. The van der Waals surface area contributed by atoms with Crippen LogP contribution in [0.1, 0.15) is 26.7 Å². The third-order valence-electron chi connectivity index (χ3n) is 5.16. The number of nitrogens with one attached hydrogen (secondary N) is 1. The summed E-state index contributed by atoms with van der Waals surface area (Å²) in [4.78, 5) is 37.3. The first-order valence-corrected chi connectivity index (χ1v) is 8.66. The molecule has 8 heteroatoms. The second kappa shape index (κ2) is 5.72. The van der Waals surface area contributed by atoms with Gasteiger partial charge in [0.15, 0.2) is 5.65 Å². The fourth-order valence-corrected chi connectivity index (χ4v) is 3.89. The molecule has 0 unspecified atom stereocenters. The number of piperidine rings is 1. The maximum Gasteiger partial charge on any atom is 0.325 e. The highest BCUT2D eigenvalue weighted by molar-refractivity contribution is 6.07. The van der Waals surface area contributed by atoms with Gasteiger partial charge in [0.25, 0.3) is 5.91 Å². The van der Waals surface area contributed by atoms with Crippen molar-refractivity contribution in [1.29, 1.82) is 0 Å². The van der Waals surface area contributed by atoms with Crippen LogP contribution >= 0.6 is 0 Å². The largest absolute Gasteiger partial charge is 0.356 e. The molecule has 0 aromatic carbocycles. The average molecular weight is 342 g/mol. The van der Waals surface area contributed by atoms with E-state index in [1.165, 1.54) is 0 Å². The van der Waals surface area contributed by atoms with Gasteiger partial charge in [0, 0.05) is 32.0 Å². The molecular formula is C17H22N6O2. The highest BCUT2D eigenvalue weighted by Gasteiger charge is 2.54. The standard InChI is InChI=1S/C17H22N6O2/c1-12(2)11-23-16(25)20-15(24)17(23)3-6-21(7-4-17)14-10-18-9-13-19-5-8-22(13)14/h5,8-10,12H,3-4,6-7,11H2,1-2H3,(H,20,24,25). The number of fused-ring (bicyclic) bond motifs is 1. The van der Waals surface area contributed by atoms with Gasteiger partial charge in [-0.15, -0.1) is 0 Å². The van der Waals surface area contributed by atoms with Crippen molar-refractivity contribution < 1.29 is 9.59 Å². The Balaban J connectivity index is 1.59. The van der Waals surface area contributed by atoms with E-state index in [1.54, 1.807) is 17.3 Å². The van der Waals surface area contributed by atoms with Crippen molar-refractivity contribution in [3.05, 3.63) is 24.8 Å². The number of aromatic nitrogens is 3. The van der Waals surface area contributed by atoms with Crippen LogP contribution in [0.5, 0.6) is 0 Å². The molecule has 2 aromatic heterocycles. The number of carbonyl (C=O) groups is 2. The Morgan fingerprint density at radius 1 is 1.24 bits per heavy atom. The lowest BCUT2D eigenvalue weighted by Crippen LogP contribution is -2.57. The molecule has 132 valence electrons. The van der Waals surface area contributed by atoms with Gasteiger partial charge >= 0.3 is 6.03 Å². The number of hydrogen-bond donors (Lipinski definition) is 1. The first-order chi connectivity index (χ1) is 12.0. The fourth-order valence-electron chi connectivity index (χ4n) is 3.89. The van der Waals surface area contributed by atoms with Gasteiger partial charge in [-0.05, 0) is 18.8 Å². The van der Waals surface area contributed by atoms with Gasteiger partial charge in [-0.25, -0.2) is 9.78 Å². The Kier molecular flexibility index (Phi) is 3.63. The van der Waals surface area contributed by atoms with E-state index in [4.69, 9.17) is 0 Å². The Bertz CT molecular complexity index is 821. The molecule has 0 atom stereocenters. The van der Waals surface area contributed by atoms with Crippen LogP contribution < -0.4 is 10.2 Å². The first kappa shape index (κ1) is 15.9. The molecule has 4 rings (SSSR count). The predicted molar refractivity (Wildman–Crippen MR) is 92.2 cm³/mol. The molecule has 4 heterocycles. The lowest BCUT2D eigenvalue weighted by atomic mass is 9.85. The zero-order valence-corrected chi connectivity index (χ0v) is 14.5. The van der Waals surface area contributed by atoms with Gasteiger partial charge in [0.05, 0.1) is 12.4 Å². The Hall–Kier alpha value is -2.64. The Morgan fingerprint density at radius 2 is 2.00 bits per heavy atom. The van der Waals surface area contributed by atoms with Crippen molar-refractivity contribution in [1.82, 2.24) is 24.6 Å². The number of amides is 3. The van der Waals surface area contributed by atoms with E-state index in [9.17, 15) is 9.59 Å². The molecule has 1 spiro atoms. The summed E-state index contributed by atoms with van der Waals surface area (Å²) in [6, 6.07) is -0.259. The lowest BCUT2D eigenvalue weighted by molar-refractivity contribution is -0.127. The summed E-state index contributed by atoms with van der Waals surface area (Å²) >= 11 is 0. The zero-order valence-electron chi connectivity index (χ0n) is 14.5. The van der Waals surface area contributed by atoms with Crippen molar-refractivity contribution in [3.63, 3.8) is 0 Å². The minimum atomic E-state index is -0.714. The maximum atomic E-state index is 12.5. The summed E-state index contributed by atoms with van der Waals surface area (Å²) in [5.41, 5.74) is 0.0849. The van der Waals surface area contributed by atoms with Crippen LogP contribution in [0.2, 0.25) is 0 Å². The number of nitrogens with zero attached hydrogens (tertiary/aromatic N) is 5. The molecule has 3 amide bonds. The van der Waals surface area contributed by atoms with Crippen LogP contribution in [0.3, 0.4) is 0 Å². The number of hydrogen-bond acceptors (Lipinski definition) is 5. The first-order valence-electron chi connectivity index (χ1n) is 8.66. The van der Waals surface area contributed by atoms with E-state index in [-0.39, 0.29) is 11.9 Å². The normalized spacial score (nSPS) is 20.1. The van der Waals surface area contributed by atoms with Crippen molar-refractivity contribution in [2.24, 2.45) is 5.92 Å². The van der Waals surface area contributed by atoms with Crippen molar-refractivity contribution >= 4 is 23.4 Å². The second-order valence-corrected chi connectivity index (χ2v) is 7.20. The number of carbonyl (C=O) groups excluding carboxylic acids is 2. The molecule has 1 N–H and O–H groups in total. The molecule has 0 radical (unpaired) electrons. The molecule has 8 nitrogen and oxygen atoms in total. The number of imidazole rings is 1. The smallest absolute Gasteiger partial charge is 0.325 e. The molecule has 25 heavy (non-hydrogen) atoms. The van der Waals surface area contributed by atoms with E-state index < -0.39 is 5.54 Å². The van der Waals surface area contributed by atoms with E-state index in [0.717, 1.165) is 11.5 Å². The minimum Gasteiger partial charge on any atom is -0.356 e. The van der Waals surface area contributed by atoms with Gasteiger partial charge in [-0.2, -0.15) is 0 Å². The van der Waals surface area contributed by atoms with Gasteiger partial charge < -0.3 is 9.80 Å². The third-order valence-corrected chi connectivity index (χ3v) is 5.16. The molecule has 0 aliphatic carbocycles. The summed E-state index contributed by atoms with van der Waals surface area (Å²) in [5, 5.41) is 2.51. The van der Waals surface area contributed by atoms with Crippen LogP contribution in [0.15, 0.2) is 24.8 Å². The minimum absolute atomic E-state index is 0.156. The quantitative estimate of drug-likeness (QED) is 0.850. The molecule has 2 aliphatic heterocycles. The average Bonchev–Trinajstić information content (AvgIpc) is 3.15. The fraction of sp³-hybridized carbons (Fsp3) is 0.529. The SMILES string of the molecule is CC(C)CN1C(=O)NC(=O)C12CCN(c1cncc3nccn13)CC2. The van der Waals surface area contributed by atoms with E-state index >= 15 is 0 Å². The number of rotatable bonds is 3. The van der Waals surface area contributed by atoms with Gasteiger partial charge in [-0.1, -0.05) is 13.8 Å². The molecule has 2 aliphatic rings. The monoisotopic (exact) mass is 342 g/mol. The lowest BCUT2D eigenvalue weighted by Gasteiger charge is -2.43. The molecule has 2 saturated heterocycles. The highest BCUT2D eigenvalue weighted by Crippen LogP contribution is 2.35. The van der Waals surface area contributed by atoms with Gasteiger partial charge in [-0.3, -0.25) is 19.5 Å². The van der Waals surface area contributed by atoms with Gasteiger partial charge in [0.1, 0.15) is 11.4 Å². The molecular weight excluding hydrogens is 320 g/mol. The molecule has 2 fully saturated rings. The summed E-state index contributed by atoms with van der Waals surface area (Å²) in [7, 11) is 0. The summed E-state index contributed by atoms with van der Waals surface area (Å²) in [6.45, 7) is 6.09.